The topological polar surface area (TPSA) is 95.2 Å². The van der Waals surface area contributed by atoms with Gasteiger partial charge in [-0.3, -0.25) is 0 Å². The highest BCUT2D eigenvalue weighted by Crippen LogP contribution is 2.34. The van der Waals surface area contributed by atoms with E-state index < -0.39 is 15.7 Å². The van der Waals surface area contributed by atoms with Crippen LogP contribution < -0.4 is 10.5 Å². The molecule has 1 heterocycles. The molecule has 4 rings (SSSR count). The molecule has 0 atom stereocenters. The van der Waals surface area contributed by atoms with Crippen LogP contribution >= 0.6 is 11.6 Å². The molecule has 0 saturated carbocycles. The molecular weight excluding hydrogens is 465 g/mol. The maximum Gasteiger partial charge on any atom is 0.178 e. The third-order valence-electron chi connectivity index (χ3n) is 5.08. The second-order valence-corrected chi connectivity index (χ2v) is 9.91. The highest BCUT2D eigenvalue weighted by Gasteiger charge is 2.16. The number of ether oxygens (including phenoxy) is 1. The first kappa shape index (κ1) is 23.1. The minimum absolute atomic E-state index is 0.0116. The van der Waals surface area contributed by atoms with Gasteiger partial charge in [0.15, 0.2) is 9.84 Å². The van der Waals surface area contributed by atoms with E-state index in [9.17, 15) is 12.8 Å². The Balaban J connectivity index is 1.66. The summed E-state index contributed by atoms with van der Waals surface area (Å²) >= 11 is 6.22. The van der Waals surface area contributed by atoms with Gasteiger partial charge >= 0.3 is 0 Å². The highest BCUT2D eigenvalue weighted by atomic mass is 35.5. The van der Waals surface area contributed by atoms with Crippen molar-refractivity contribution in [2.75, 3.05) is 12.3 Å². The molecule has 6 nitrogen and oxygen atoms in total. The van der Waals surface area contributed by atoms with E-state index in [1.807, 2.05) is 0 Å². The Kier molecular flexibility index (Phi) is 6.88. The van der Waals surface area contributed by atoms with Crippen LogP contribution in [0.1, 0.15) is 12.8 Å². The summed E-state index contributed by atoms with van der Waals surface area (Å²) in [6.07, 6.45) is 2.45. The fourth-order valence-electron chi connectivity index (χ4n) is 3.44. The number of nitrogens with two attached hydrogens (primary N) is 1. The summed E-state index contributed by atoms with van der Waals surface area (Å²) in [7, 11) is -3.46. The number of para-hydroxylation sites is 1. The van der Waals surface area contributed by atoms with Gasteiger partial charge in [-0.2, -0.15) is 0 Å². The number of halogens is 2. The largest absolute Gasteiger partial charge is 0.457 e. The standard InChI is InChI=1S/C24H21ClFN3O3S/c25-21-8-4-7-19-23(28-15-29-24(19)21)20-14-17(9-10-22(20)26)32-16-5-3-6-18(13-16)33(30,31)12-2-1-11-27/h3-10,13-15H,1-2,11-12,27H2. The van der Waals surface area contributed by atoms with Crippen LogP contribution in [0.4, 0.5) is 4.39 Å². The van der Waals surface area contributed by atoms with Crippen molar-refractivity contribution in [1.29, 1.82) is 0 Å². The number of fused-ring (bicyclic) bond motifs is 1. The minimum Gasteiger partial charge on any atom is -0.457 e. The van der Waals surface area contributed by atoms with Gasteiger partial charge in [0.1, 0.15) is 23.6 Å². The zero-order valence-electron chi connectivity index (χ0n) is 17.5. The van der Waals surface area contributed by atoms with Gasteiger partial charge in [-0.1, -0.05) is 29.8 Å². The van der Waals surface area contributed by atoms with Gasteiger partial charge in [-0.05, 0) is 61.9 Å². The molecular formula is C24H21ClFN3O3S. The van der Waals surface area contributed by atoms with E-state index in [4.69, 9.17) is 22.1 Å². The number of benzene rings is 3. The van der Waals surface area contributed by atoms with Gasteiger partial charge < -0.3 is 10.5 Å². The third kappa shape index (κ3) is 5.13. The maximum atomic E-state index is 14.8. The average molecular weight is 486 g/mol. The monoisotopic (exact) mass is 485 g/mol. The zero-order valence-corrected chi connectivity index (χ0v) is 19.1. The molecule has 0 aliphatic rings. The molecule has 0 aliphatic heterocycles. The van der Waals surface area contributed by atoms with Crippen molar-refractivity contribution in [2.24, 2.45) is 5.73 Å². The van der Waals surface area contributed by atoms with Gasteiger partial charge in [0.2, 0.25) is 0 Å². The van der Waals surface area contributed by atoms with Crippen LogP contribution in [0.25, 0.3) is 22.2 Å². The molecule has 0 saturated heterocycles. The number of nitrogens with zero attached hydrogens (tertiary/aromatic N) is 2. The minimum atomic E-state index is -3.46. The van der Waals surface area contributed by atoms with Crippen molar-refractivity contribution in [3.05, 3.63) is 77.8 Å². The predicted octanol–water partition coefficient (Wildman–Crippen LogP) is 5.39. The molecule has 0 bridgehead atoms. The number of rotatable bonds is 8. The Hall–Kier alpha value is -3.07. The van der Waals surface area contributed by atoms with Crippen LogP contribution in [-0.2, 0) is 9.84 Å². The second-order valence-electron chi connectivity index (χ2n) is 7.39. The lowest BCUT2D eigenvalue weighted by atomic mass is 10.1. The summed E-state index contributed by atoms with van der Waals surface area (Å²) in [6, 6.07) is 15.7. The Bertz CT molecular complexity index is 1410. The second kappa shape index (κ2) is 9.82. The SMILES string of the molecule is NCCCCS(=O)(=O)c1cccc(Oc2ccc(F)c(-c3ncnc4c(Cl)cccc34)c2)c1. The van der Waals surface area contributed by atoms with Crippen LogP contribution in [0.5, 0.6) is 11.5 Å². The number of aromatic nitrogens is 2. The molecule has 0 radical (unpaired) electrons. The average Bonchev–Trinajstić information content (AvgIpc) is 2.81. The van der Waals surface area contributed by atoms with Crippen LogP contribution in [0.2, 0.25) is 5.02 Å². The highest BCUT2D eigenvalue weighted by molar-refractivity contribution is 7.91. The normalized spacial score (nSPS) is 11.6. The van der Waals surface area contributed by atoms with Gasteiger partial charge in [0, 0.05) is 10.9 Å². The van der Waals surface area contributed by atoms with Crippen LogP contribution in [-0.4, -0.2) is 30.7 Å². The third-order valence-corrected chi connectivity index (χ3v) is 7.18. The Morgan fingerprint density at radius 3 is 2.58 bits per heavy atom. The van der Waals surface area contributed by atoms with Crippen molar-refractivity contribution in [2.45, 2.75) is 17.7 Å². The fourth-order valence-corrected chi connectivity index (χ4v) is 5.06. The summed E-state index contributed by atoms with van der Waals surface area (Å²) in [4.78, 5) is 8.60. The first-order valence-electron chi connectivity index (χ1n) is 10.3. The van der Waals surface area contributed by atoms with Crippen molar-refractivity contribution < 1.29 is 17.5 Å². The molecule has 0 aliphatic carbocycles. The fraction of sp³-hybridized carbons (Fsp3) is 0.167. The lowest BCUT2D eigenvalue weighted by molar-refractivity contribution is 0.479. The molecule has 33 heavy (non-hydrogen) atoms. The van der Waals surface area contributed by atoms with Crippen LogP contribution in [0, 0.1) is 5.82 Å². The lowest BCUT2D eigenvalue weighted by Gasteiger charge is -2.11. The number of unbranched alkanes of at least 4 members (excludes halogenated alkanes) is 1. The van der Waals surface area contributed by atoms with E-state index in [-0.39, 0.29) is 16.2 Å². The summed E-state index contributed by atoms with van der Waals surface area (Å²) in [5.41, 5.74) is 6.56. The molecule has 0 amide bonds. The molecule has 4 aromatic rings. The first-order chi connectivity index (χ1) is 15.9. The van der Waals surface area contributed by atoms with E-state index in [2.05, 4.69) is 9.97 Å². The number of hydrogen-bond acceptors (Lipinski definition) is 6. The van der Waals surface area contributed by atoms with E-state index in [1.54, 1.807) is 30.3 Å². The summed E-state index contributed by atoms with van der Waals surface area (Å²) in [5.74, 6) is 0.178. The number of hydrogen-bond donors (Lipinski definition) is 1. The molecule has 2 N–H and O–H groups in total. The van der Waals surface area contributed by atoms with Gasteiger partial charge in [-0.15, -0.1) is 0 Å². The van der Waals surface area contributed by atoms with E-state index in [0.717, 1.165) is 0 Å². The molecule has 170 valence electrons. The van der Waals surface area contributed by atoms with Gasteiger partial charge in [-0.25, -0.2) is 22.8 Å². The van der Waals surface area contributed by atoms with Crippen molar-refractivity contribution in [1.82, 2.24) is 9.97 Å². The Labute approximate surface area is 196 Å². The van der Waals surface area contributed by atoms with Crippen molar-refractivity contribution >= 4 is 32.3 Å². The number of sulfone groups is 1. The smallest absolute Gasteiger partial charge is 0.178 e. The summed E-state index contributed by atoms with van der Waals surface area (Å²) in [6.45, 7) is 0.444. The summed E-state index contributed by atoms with van der Waals surface area (Å²) < 4.78 is 45.8. The maximum absolute atomic E-state index is 14.8. The Morgan fingerprint density at radius 1 is 0.970 bits per heavy atom. The van der Waals surface area contributed by atoms with Crippen LogP contribution in [0.3, 0.4) is 0 Å². The first-order valence-corrected chi connectivity index (χ1v) is 12.3. The Morgan fingerprint density at radius 2 is 1.76 bits per heavy atom. The molecule has 0 spiro atoms. The van der Waals surface area contributed by atoms with Gasteiger partial charge in [0.25, 0.3) is 0 Å². The van der Waals surface area contributed by atoms with E-state index in [1.165, 1.54) is 36.7 Å². The van der Waals surface area contributed by atoms with Crippen molar-refractivity contribution in [3.63, 3.8) is 0 Å². The summed E-state index contributed by atoms with van der Waals surface area (Å²) in [5, 5.41) is 1.04. The molecule has 0 unspecified atom stereocenters. The predicted molar refractivity (Wildman–Crippen MR) is 127 cm³/mol. The zero-order chi connectivity index (χ0) is 23.4. The molecule has 0 fully saturated rings. The quantitative estimate of drug-likeness (QED) is 0.336. The lowest BCUT2D eigenvalue weighted by Crippen LogP contribution is -2.09. The molecule has 1 aromatic heterocycles. The molecule has 3 aromatic carbocycles. The van der Waals surface area contributed by atoms with E-state index >= 15 is 0 Å². The van der Waals surface area contributed by atoms with Gasteiger partial charge in [0.05, 0.1) is 26.9 Å². The van der Waals surface area contributed by atoms with Crippen LogP contribution in [0.15, 0.2) is 71.9 Å². The molecule has 9 heteroatoms. The van der Waals surface area contributed by atoms with E-state index in [0.29, 0.717) is 52.5 Å². The van der Waals surface area contributed by atoms with Crippen molar-refractivity contribution in [3.8, 4) is 22.8 Å².